The predicted octanol–water partition coefficient (Wildman–Crippen LogP) is 2.42. The Morgan fingerprint density at radius 1 is 1.19 bits per heavy atom. The number of halogens is 1. The second kappa shape index (κ2) is 4.61. The summed E-state index contributed by atoms with van der Waals surface area (Å²) in [5.74, 6) is -0.243. The van der Waals surface area contributed by atoms with Crippen LogP contribution in [-0.4, -0.2) is 4.98 Å². The van der Waals surface area contributed by atoms with E-state index in [9.17, 15) is 4.39 Å². The molecule has 3 N–H and O–H groups in total. The number of nitrogens with two attached hydrogens (primary N) is 1. The summed E-state index contributed by atoms with van der Waals surface area (Å²) >= 11 is 0. The fourth-order valence-corrected chi connectivity index (χ4v) is 1.35. The topological polar surface area (TPSA) is 50.9 Å². The maximum Gasteiger partial charge on any atom is 0.123 e. The minimum Gasteiger partial charge on any atom is -0.399 e. The summed E-state index contributed by atoms with van der Waals surface area (Å²) in [7, 11) is 0. The van der Waals surface area contributed by atoms with Gasteiger partial charge in [0, 0.05) is 17.6 Å². The highest BCUT2D eigenvalue weighted by molar-refractivity contribution is 5.44. The highest BCUT2D eigenvalue weighted by atomic mass is 19.1. The average Bonchev–Trinajstić information content (AvgIpc) is 2.28. The molecule has 1 heterocycles. The molecule has 0 aliphatic carbocycles. The van der Waals surface area contributed by atoms with Gasteiger partial charge in [0.25, 0.3) is 0 Å². The number of pyridine rings is 1. The van der Waals surface area contributed by atoms with Crippen LogP contribution >= 0.6 is 0 Å². The zero-order valence-corrected chi connectivity index (χ0v) is 8.65. The van der Waals surface area contributed by atoms with Crippen LogP contribution in [0.4, 0.5) is 15.8 Å². The van der Waals surface area contributed by atoms with Gasteiger partial charge < -0.3 is 11.1 Å². The van der Waals surface area contributed by atoms with Crippen LogP contribution < -0.4 is 11.1 Å². The molecule has 82 valence electrons. The van der Waals surface area contributed by atoms with Gasteiger partial charge in [-0.15, -0.1) is 0 Å². The Balaban J connectivity index is 1.99. The average molecular weight is 217 g/mol. The Kier molecular flexibility index (Phi) is 3.00. The lowest BCUT2D eigenvalue weighted by molar-refractivity contribution is 0.628. The summed E-state index contributed by atoms with van der Waals surface area (Å²) in [6, 6.07) is 9.73. The van der Waals surface area contributed by atoms with E-state index >= 15 is 0 Å². The van der Waals surface area contributed by atoms with Crippen molar-refractivity contribution in [2.45, 2.75) is 6.54 Å². The number of benzene rings is 1. The van der Waals surface area contributed by atoms with E-state index in [1.54, 1.807) is 30.5 Å². The number of aromatic nitrogens is 1. The summed E-state index contributed by atoms with van der Waals surface area (Å²) in [5, 5.41) is 3.13. The van der Waals surface area contributed by atoms with Gasteiger partial charge in [0.2, 0.25) is 0 Å². The van der Waals surface area contributed by atoms with Crippen molar-refractivity contribution in [3.05, 3.63) is 54.1 Å². The van der Waals surface area contributed by atoms with Gasteiger partial charge in [0.05, 0.1) is 12.2 Å². The second-order valence-corrected chi connectivity index (χ2v) is 3.44. The van der Waals surface area contributed by atoms with Gasteiger partial charge >= 0.3 is 0 Å². The van der Waals surface area contributed by atoms with Gasteiger partial charge in [0.1, 0.15) is 5.82 Å². The minimum absolute atomic E-state index is 0.243. The Morgan fingerprint density at radius 3 is 2.62 bits per heavy atom. The van der Waals surface area contributed by atoms with Gasteiger partial charge in [-0.25, -0.2) is 4.39 Å². The number of rotatable bonds is 3. The molecule has 1 aromatic carbocycles. The minimum atomic E-state index is -0.243. The Hall–Kier alpha value is -2.10. The molecular formula is C12H12FN3. The molecule has 0 saturated carbocycles. The van der Waals surface area contributed by atoms with Crippen LogP contribution in [0.5, 0.6) is 0 Å². The molecule has 3 nitrogen and oxygen atoms in total. The first-order valence-corrected chi connectivity index (χ1v) is 4.94. The molecular weight excluding hydrogens is 205 g/mol. The molecule has 0 unspecified atom stereocenters. The van der Waals surface area contributed by atoms with Gasteiger partial charge in [-0.05, 0) is 36.4 Å². The molecule has 0 saturated heterocycles. The molecule has 1 aromatic heterocycles. The third kappa shape index (κ3) is 2.70. The van der Waals surface area contributed by atoms with Gasteiger partial charge in [-0.3, -0.25) is 4.98 Å². The molecule has 0 fully saturated rings. The molecule has 0 spiro atoms. The summed E-state index contributed by atoms with van der Waals surface area (Å²) in [5.41, 5.74) is 8.02. The van der Waals surface area contributed by atoms with E-state index in [2.05, 4.69) is 10.3 Å². The SMILES string of the molecule is Nc1ccnc(CNc2ccc(F)cc2)c1. The van der Waals surface area contributed by atoms with Gasteiger partial charge in [-0.2, -0.15) is 0 Å². The Bertz CT molecular complexity index is 468. The fourth-order valence-electron chi connectivity index (χ4n) is 1.35. The van der Waals surface area contributed by atoms with Crippen LogP contribution in [0.3, 0.4) is 0 Å². The zero-order valence-electron chi connectivity index (χ0n) is 8.65. The quantitative estimate of drug-likeness (QED) is 0.830. The fraction of sp³-hybridized carbons (Fsp3) is 0.0833. The normalized spacial score (nSPS) is 10.1. The van der Waals surface area contributed by atoms with E-state index in [4.69, 9.17) is 5.73 Å². The number of nitrogens with zero attached hydrogens (tertiary/aromatic N) is 1. The number of hydrogen-bond donors (Lipinski definition) is 2. The van der Waals surface area contributed by atoms with E-state index in [0.29, 0.717) is 12.2 Å². The second-order valence-electron chi connectivity index (χ2n) is 3.44. The first-order chi connectivity index (χ1) is 7.74. The highest BCUT2D eigenvalue weighted by Crippen LogP contribution is 2.10. The van der Waals surface area contributed by atoms with Crippen LogP contribution in [0, 0.1) is 5.82 Å². The molecule has 16 heavy (non-hydrogen) atoms. The van der Waals surface area contributed by atoms with Crippen molar-refractivity contribution in [2.75, 3.05) is 11.1 Å². The van der Waals surface area contributed by atoms with Crippen LogP contribution in [0.1, 0.15) is 5.69 Å². The lowest BCUT2D eigenvalue weighted by Gasteiger charge is -2.06. The molecule has 0 atom stereocenters. The number of nitrogens with one attached hydrogen (secondary N) is 1. The maximum absolute atomic E-state index is 12.6. The van der Waals surface area contributed by atoms with Crippen molar-refractivity contribution < 1.29 is 4.39 Å². The van der Waals surface area contributed by atoms with Crippen molar-refractivity contribution in [1.82, 2.24) is 4.98 Å². The summed E-state index contributed by atoms with van der Waals surface area (Å²) in [6.45, 7) is 0.566. The molecule has 0 radical (unpaired) electrons. The molecule has 0 bridgehead atoms. The molecule has 2 aromatic rings. The van der Waals surface area contributed by atoms with E-state index in [-0.39, 0.29) is 5.82 Å². The van der Waals surface area contributed by atoms with Crippen molar-refractivity contribution in [2.24, 2.45) is 0 Å². The van der Waals surface area contributed by atoms with Gasteiger partial charge in [-0.1, -0.05) is 0 Å². The van der Waals surface area contributed by atoms with E-state index in [1.165, 1.54) is 12.1 Å². The first-order valence-electron chi connectivity index (χ1n) is 4.94. The summed E-state index contributed by atoms with van der Waals surface area (Å²) in [6.07, 6.45) is 1.66. The van der Waals surface area contributed by atoms with Crippen molar-refractivity contribution >= 4 is 11.4 Å². The lowest BCUT2D eigenvalue weighted by atomic mass is 10.3. The van der Waals surface area contributed by atoms with Gasteiger partial charge in [0.15, 0.2) is 0 Å². The molecule has 0 aliphatic heterocycles. The molecule has 2 rings (SSSR count). The Morgan fingerprint density at radius 2 is 1.94 bits per heavy atom. The highest BCUT2D eigenvalue weighted by Gasteiger charge is 1.96. The van der Waals surface area contributed by atoms with E-state index < -0.39 is 0 Å². The maximum atomic E-state index is 12.6. The molecule has 0 aliphatic rings. The first kappa shape index (κ1) is 10.4. The number of hydrogen-bond acceptors (Lipinski definition) is 3. The van der Waals surface area contributed by atoms with Crippen LogP contribution in [0.25, 0.3) is 0 Å². The van der Waals surface area contributed by atoms with Crippen LogP contribution in [0.15, 0.2) is 42.6 Å². The lowest BCUT2D eigenvalue weighted by Crippen LogP contribution is -2.02. The smallest absolute Gasteiger partial charge is 0.123 e. The predicted molar refractivity (Wildman–Crippen MR) is 62.4 cm³/mol. The van der Waals surface area contributed by atoms with Crippen molar-refractivity contribution in [1.29, 1.82) is 0 Å². The van der Waals surface area contributed by atoms with E-state index in [1.807, 2.05) is 0 Å². The summed E-state index contributed by atoms with van der Waals surface area (Å²) in [4.78, 5) is 4.16. The third-order valence-corrected chi connectivity index (χ3v) is 2.16. The summed E-state index contributed by atoms with van der Waals surface area (Å²) < 4.78 is 12.6. The number of anilines is 2. The molecule has 0 amide bonds. The Labute approximate surface area is 93.1 Å². The number of nitrogen functional groups attached to an aromatic ring is 1. The monoisotopic (exact) mass is 217 g/mol. The van der Waals surface area contributed by atoms with Crippen LogP contribution in [0.2, 0.25) is 0 Å². The van der Waals surface area contributed by atoms with Crippen molar-refractivity contribution in [3.63, 3.8) is 0 Å². The van der Waals surface area contributed by atoms with E-state index in [0.717, 1.165) is 11.4 Å². The zero-order chi connectivity index (χ0) is 11.4. The molecule has 4 heteroatoms. The van der Waals surface area contributed by atoms with Crippen LogP contribution in [-0.2, 0) is 6.54 Å². The van der Waals surface area contributed by atoms with Crippen molar-refractivity contribution in [3.8, 4) is 0 Å². The standard InChI is InChI=1S/C12H12FN3/c13-9-1-3-11(4-2-9)16-8-12-7-10(14)5-6-15-12/h1-7,16H,8H2,(H2,14,15). The largest absolute Gasteiger partial charge is 0.399 e. The third-order valence-electron chi connectivity index (χ3n) is 2.16.